The molecular weight excluding hydrogens is 462 g/mol. The van der Waals surface area contributed by atoms with Crippen LogP contribution >= 0.6 is 0 Å². The molecule has 4 aromatic rings. The maximum atomic E-state index is 13.5. The summed E-state index contributed by atoms with van der Waals surface area (Å²) in [6, 6.07) is 27.3. The van der Waals surface area contributed by atoms with E-state index in [9.17, 15) is 14.7 Å². The Balaban J connectivity index is 1.72. The number of Topliss-reactive ketones (excluding diaryl/α,β-unsaturated/α-hetero) is 1. The molecule has 1 unspecified atom stereocenters. The molecule has 1 heterocycles. The molecule has 4 aromatic carbocycles. The lowest BCUT2D eigenvalue weighted by Gasteiger charge is -2.27. The fraction of sp³-hybridized carbons (Fsp3) is 0.188. The summed E-state index contributed by atoms with van der Waals surface area (Å²) >= 11 is 0. The average molecular weight is 492 g/mol. The van der Waals surface area contributed by atoms with Crippen molar-refractivity contribution in [3.8, 4) is 5.75 Å². The van der Waals surface area contributed by atoms with E-state index in [0.717, 1.165) is 16.3 Å². The average Bonchev–Trinajstić information content (AvgIpc) is 3.17. The second-order valence-electron chi connectivity index (χ2n) is 10.3. The summed E-state index contributed by atoms with van der Waals surface area (Å²) in [5.41, 5.74) is 2.92. The molecule has 0 bridgehead atoms. The number of fused-ring (bicyclic) bond motifs is 1. The Kier molecular flexibility index (Phi) is 6.08. The molecule has 0 radical (unpaired) electrons. The van der Waals surface area contributed by atoms with E-state index in [1.165, 1.54) is 4.90 Å². The van der Waals surface area contributed by atoms with Gasteiger partial charge in [-0.15, -0.1) is 0 Å². The van der Waals surface area contributed by atoms with E-state index >= 15 is 0 Å². The standard InChI is InChI=1S/C32H29NO4/c1-32(2,3)22-14-16-23(17-15-22)33-28(21-12-18-24(37-4)19-13-21)27(30(35)31(33)36)29(34)26-11-7-9-20-8-5-6-10-25(20)26/h5-19,28,34H,1-4H3/b29-27-. The van der Waals surface area contributed by atoms with Crippen molar-refractivity contribution in [2.75, 3.05) is 12.0 Å². The second kappa shape index (κ2) is 9.25. The number of benzene rings is 4. The highest BCUT2D eigenvalue weighted by atomic mass is 16.5. The van der Waals surface area contributed by atoms with Gasteiger partial charge in [-0.3, -0.25) is 14.5 Å². The van der Waals surface area contributed by atoms with Crippen LogP contribution in [0, 0.1) is 0 Å². The van der Waals surface area contributed by atoms with Gasteiger partial charge in [0.1, 0.15) is 11.5 Å². The number of ether oxygens (including phenoxy) is 1. The summed E-state index contributed by atoms with van der Waals surface area (Å²) in [4.78, 5) is 28.5. The molecular formula is C32H29NO4. The molecule has 37 heavy (non-hydrogen) atoms. The zero-order chi connectivity index (χ0) is 26.3. The van der Waals surface area contributed by atoms with E-state index < -0.39 is 17.7 Å². The fourth-order valence-electron chi connectivity index (χ4n) is 4.90. The van der Waals surface area contributed by atoms with Crippen molar-refractivity contribution in [2.24, 2.45) is 0 Å². The summed E-state index contributed by atoms with van der Waals surface area (Å²) in [5, 5.41) is 13.3. The van der Waals surface area contributed by atoms with Crippen LogP contribution < -0.4 is 9.64 Å². The molecule has 1 aliphatic rings. The number of aliphatic hydroxyl groups excluding tert-OH is 1. The monoisotopic (exact) mass is 491 g/mol. The van der Waals surface area contributed by atoms with Crippen LogP contribution in [0.25, 0.3) is 16.5 Å². The highest BCUT2D eigenvalue weighted by Gasteiger charge is 2.47. The van der Waals surface area contributed by atoms with Gasteiger partial charge in [0.05, 0.1) is 18.7 Å². The fourth-order valence-corrected chi connectivity index (χ4v) is 4.90. The lowest BCUT2D eigenvalue weighted by Crippen LogP contribution is -2.29. The third-order valence-electron chi connectivity index (χ3n) is 6.93. The number of methoxy groups -OCH3 is 1. The smallest absolute Gasteiger partial charge is 0.300 e. The van der Waals surface area contributed by atoms with Crippen LogP contribution in [-0.4, -0.2) is 23.9 Å². The molecule has 1 aliphatic heterocycles. The van der Waals surface area contributed by atoms with Crippen molar-refractivity contribution in [1.82, 2.24) is 0 Å². The van der Waals surface area contributed by atoms with E-state index in [1.54, 1.807) is 25.3 Å². The zero-order valence-corrected chi connectivity index (χ0v) is 21.4. The van der Waals surface area contributed by atoms with Crippen molar-refractivity contribution in [1.29, 1.82) is 0 Å². The molecule has 1 N–H and O–H groups in total. The number of hydrogen-bond acceptors (Lipinski definition) is 4. The Morgan fingerprint density at radius 1 is 0.838 bits per heavy atom. The van der Waals surface area contributed by atoms with E-state index in [1.807, 2.05) is 72.8 Å². The van der Waals surface area contributed by atoms with Crippen molar-refractivity contribution in [3.05, 3.63) is 113 Å². The lowest BCUT2D eigenvalue weighted by atomic mass is 9.87. The number of aliphatic hydroxyl groups is 1. The predicted molar refractivity (Wildman–Crippen MR) is 147 cm³/mol. The number of carbonyl (C=O) groups is 2. The summed E-state index contributed by atoms with van der Waals surface area (Å²) in [6.45, 7) is 6.36. The Morgan fingerprint density at radius 2 is 1.49 bits per heavy atom. The second-order valence-corrected chi connectivity index (χ2v) is 10.3. The van der Waals surface area contributed by atoms with Gasteiger partial charge >= 0.3 is 0 Å². The molecule has 0 aliphatic carbocycles. The molecule has 186 valence electrons. The molecule has 0 saturated carbocycles. The first-order valence-electron chi connectivity index (χ1n) is 12.2. The number of ketones is 1. The SMILES string of the molecule is COc1ccc(C2/C(=C(/O)c3cccc4ccccc34)C(=O)C(=O)N2c2ccc(C(C)(C)C)cc2)cc1. The van der Waals surface area contributed by atoms with Crippen molar-refractivity contribution in [3.63, 3.8) is 0 Å². The molecule has 5 nitrogen and oxygen atoms in total. The maximum Gasteiger partial charge on any atom is 0.300 e. The van der Waals surface area contributed by atoms with Gasteiger partial charge < -0.3 is 9.84 Å². The van der Waals surface area contributed by atoms with Crippen LogP contribution in [0.4, 0.5) is 5.69 Å². The van der Waals surface area contributed by atoms with Crippen LogP contribution in [-0.2, 0) is 15.0 Å². The maximum absolute atomic E-state index is 13.5. The topological polar surface area (TPSA) is 66.8 Å². The van der Waals surface area contributed by atoms with Gasteiger partial charge in [-0.2, -0.15) is 0 Å². The van der Waals surface area contributed by atoms with Crippen LogP contribution in [0.1, 0.15) is 43.5 Å². The first kappa shape index (κ1) is 24.3. The van der Waals surface area contributed by atoms with Gasteiger partial charge in [-0.05, 0) is 51.6 Å². The van der Waals surface area contributed by atoms with E-state index in [-0.39, 0.29) is 16.7 Å². The Morgan fingerprint density at radius 3 is 2.14 bits per heavy atom. The van der Waals surface area contributed by atoms with Gasteiger partial charge in [0.2, 0.25) is 0 Å². The third kappa shape index (κ3) is 4.27. The highest BCUT2D eigenvalue weighted by molar-refractivity contribution is 6.51. The number of carbonyl (C=O) groups excluding carboxylic acids is 2. The summed E-state index contributed by atoms with van der Waals surface area (Å²) in [7, 11) is 1.58. The van der Waals surface area contributed by atoms with Crippen LogP contribution in [0.5, 0.6) is 5.75 Å². The Bertz CT molecular complexity index is 1520. The summed E-state index contributed by atoms with van der Waals surface area (Å²) in [5.74, 6) is -0.925. The van der Waals surface area contributed by atoms with Gasteiger partial charge in [0.15, 0.2) is 0 Å². The normalized spacial score (nSPS) is 17.4. The summed E-state index contributed by atoms with van der Waals surface area (Å²) < 4.78 is 5.31. The minimum atomic E-state index is -0.801. The highest BCUT2D eigenvalue weighted by Crippen LogP contribution is 2.43. The van der Waals surface area contributed by atoms with E-state index in [0.29, 0.717) is 22.6 Å². The molecule has 5 rings (SSSR count). The van der Waals surface area contributed by atoms with Gasteiger partial charge in [-0.25, -0.2) is 0 Å². The van der Waals surface area contributed by atoms with Crippen LogP contribution in [0.2, 0.25) is 0 Å². The molecule has 1 saturated heterocycles. The van der Waals surface area contributed by atoms with E-state index in [2.05, 4.69) is 20.8 Å². The van der Waals surface area contributed by atoms with Gasteiger partial charge in [-0.1, -0.05) is 87.5 Å². The quantitative estimate of drug-likeness (QED) is 0.194. The Hall–Kier alpha value is -4.38. The molecule has 5 heteroatoms. The minimum Gasteiger partial charge on any atom is -0.507 e. The summed E-state index contributed by atoms with van der Waals surface area (Å²) in [6.07, 6.45) is 0. The number of rotatable bonds is 4. The van der Waals surface area contributed by atoms with E-state index in [4.69, 9.17) is 4.74 Å². The number of hydrogen-bond donors (Lipinski definition) is 1. The van der Waals surface area contributed by atoms with Crippen LogP contribution in [0.3, 0.4) is 0 Å². The molecule has 0 spiro atoms. The van der Waals surface area contributed by atoms with Crippen LogP contribution in [0.15, 0.2) is 96.6 Å². The number of nitrogens with zero attached hydrogens (tertiary/aromatic N) is 1. The molecule has 1 amide bonds. The predicted octanol–water partition coefficient (Wildman–Crippen LogP) is 6.77. The van der Waals surface area contributed by atoms with Gasteiger partial charge in [0.25, 0.3) is 11.7 Å². The molecule has 1 atom stereocenters. The minimum absolute atomic E-state index is 0.0591. The number of anilines is 1. The molecule has 0 aromatic heterocycles. The zero-order valence-electron chi connectivity index (χ0n) is 21.4. The van der Waals surface area contributed by atoms with Gasteiger partial charge in [0, 0.05) is 11.3 Å². The Labute approximate surface area is 216 Å². The molecule has 1 fully saturated rings. The third-order valence-corrected chi connectivity index (χ3v) is 6.93. The van der Waals surface area contributed by atoms with Crippen molar-refractivity contribution >= 4 is 33.9 Å². The first-order chi connectivity index (χ1) is 17.7. The number of amides is 1. The van der Waals surface area contributed by atoms with Crippen molar-refractivity contribution in [2.45, 2.75) is 32.2 Å². The first-order valence-corrected chi connectivity index (χ1v) is 12.2. The largest absolute Gasteiger partial charge is 0.507 e. The van der Waals surface area contributed by atoms with Crippen molar-refractivity contribution < 1.29 is 19.4 Å². The lowest BCUT2D eigenvalue weighted by molar-refractivity contribution is -0.132.